The van der Waals surface area contributed by atoms with Crippen LogP contribution in [0, 0.1) is 5.92 Å². The SMILES string of the molecule is CNCCc1ccccc1C(=O)N[C@@H](C)C1CCCCC1. The number of hydrogen-bond donors (Lipinski definition) is 2. The maximum atomic E-state index is 12.6. The predicted octanol–water partition coefficient (Wildman–Crippen LogP) is 3.15. The van der Waals surface area contributed by atoms with Gasteiger partial charge in [-0.25, -0.2) is 0 Å². The van der Waals surface area contributed by atoms with Crippen molar-refractivity contribution in [3.05, 3.63) is 35.4 Å². The molecule has 116 valence electrons. The van der Waals surface area contributed by atoms with Gasteiger partial charge in [0.2, 0.25) is 0 Å². The molecule has 1 aromatic rings. The molecule has 1 amide bonds. The van der Waals surface area contributed by atoms with Crippen molar-refractivity contribution in [2.45, 2.75) is 51.5 Å². The van der Waals surface area contributed by atoms with Crippen LogP contribution in [-0.4, -0.2) is 25.5 Å². The van der Waals surface area contributed by atoms with Crippen LogP contribution >= 0.6 is 0 Å². The van der Waals surface area contributed by atoms with Gasteiger partial charge in [0.15, 0.2) is 0 Å². The lowest BCUT2D eigenvalue weighted by Gasteiger charge is -2.28. The summed E-state index contributed by atoms with van der Waals surface area (Å²) < 4.78 is 0. The number of likely N-dealkylation sites (N-methyl/N-ethyl adjacent to an activating group) is 1. The third kappa shape index (κ3) is 4.57. The number of benzene rings is 1. The molecule has 0 unspecified atom stereocenters. The van der Waals surface area contributed by atoms with Gasteiger partial charge in [-0.05, 0) is 57.3 Å². The summed E-state index contributed by atoms with van der Waals surface area (Å²) in [5.74, 6) is 0.729. The minimum absolute atomic E-state index is 0.0831. The molecule has 2 N–H and O–H groups in total. The summed E-state index contributed by atoms with van der Waals surface area (Å²) in [6.07, 6.45) is 7.36. The van der Waals surface area contributed by atoms with E-state index in [2.05, 4.69) is 23.6 Å². The summed E-state index contributed by atoms with van der Waals surface area (Å²) in [5.41, 5.74) is 1.95. The van der Waals surface area contributed by atoms with Crippen molar-refractivity contribution in [1.29, 1.82) is 0 Å². The van der Waals surface area contributed by atoms with E-state index in [0.717, 1.165) is 24.1 Å². The average molecular weight is 288 g/mol. The Morgan fingerprint density at radius 3 is 2.67 bits per heavy atom. The summed E-state index contributed by atoms with van der Waals surface area (Å²) in [6.45, 7) is 3.05. The normalized spacial score (nSPS) is 17.4. The van der Waals surface area contributed by atoms with Gasteiger partial charge in [-0.1, -0.05) is 37.5 Å². The van der Waals surface area contributed by atoms with E-state index in [4.69, 9.17) is 0 Å². The second kappa shape index (κ2) is 8.18. The third-order valence-electron chi connectivity index (χ3n) is 4.62. The van der Waals surface area contributed by atoms with Crippen LogP contribution in [0.1, 0.15) is 54.9 Å². The Bertz CT molecular complexity index is 452. The number of rotatable bonds is 6. The lowest BCUT2D eigenvalue weighted by atomic mass is 9.84. The van der Waals surface area contributed by atoms with Crippen LogP contribution in [-0.2, 0) is 6.42 Å². The van der Waals surface area contributed by atoms with Crippen molar-refractivity contribution in [2.24, 2.45) is 5.92 Å². The fraction of sp³-hybridized carbons (Fsp3) is 0.611. The molecular weight excluding hydrogens is 260 g/mol. The maximum absolute atomic E-state index is 12.6. The Balaban J connectivity index is 1.98. The summed E-state index contributed by atoms with van der Waals surface area (Å²) in [7, 11) is 1.94. The molecule has 1 fully saturated rings. The van der Waals surface area contributed by atoms with Gasteiger partial charge < -0.3 is 10.6 Å². The van der Waals surface area contributed by atoms with E-state index in [1.54, 1.807) is 0 Å². The highest BCUT2D eigenvalue weighted by Gasteiger charge is 2.22. The highest BCUT2D eigenvalue weighted by atomic mass is 16.1. The molecule has 2 rings (SSSR count). The molecule has 0 aliphatic heterocycles. The van der Waals surface area contributed by atoms with E-state index < -0.39 is 0 Å². The van der Waals surface area contributed by atoms with Gasteiger partial charge in [-0.3, -0.25) is 4.79 Å². The van der Waals surface area contributed by atoms with Crippen LogP contribution in [0.3, 0.4) is 0 Å². The molecule has 0 spiro atoms. The molecule has 1 aliphatic rings. The van der Waals surface area contributed by atoms with Crippen LogP contribution < -0.4 is 10.6 Å². The molecular formula is C18H28N2O. The number of carbonyl (C=O) groups excluding carboxylic acids is 1. The first-order valence-corrected chi connectivity index (χ1v) is 8.25. The van der Waals surface area contributed by atoms with Crippen molar-refractivity contribution in [3.63, 3.8) is 0 Å². The van der Waals surface area contributed by atoms with Gasteiger partial charge in [-0.15, -0.1) is 0 Å². The molecule has 0 radical (unpaired) electrons. The summed E-state index contributed by atoms with van der Waals surface area (Å²) >= 11 is 0. The van der Waals surface area contributed by atoms with Crippen LogP contribution in [0.15, 0.2) is 24.3 Å². The van der Waals surface area contributed by atoms with E-state index in [1.807, 2.05) is 25.2 Å². The van der Waals surface area contributed by atoms with Gasteiger partial charge in [0.05, 0.1) is 0 Å². The Morgan fingerprint density at radius 1 is 1.24 bits per heavy atom. The van der Waals surface area contributed by atoms with E-state index in [1.165, 1.54) is 32.1 Å². The first-order valence-electron chi connectivity index (χ1n) is 8.25. The zero-order chi connectivity index (χ0) is 15.1. The van der Waals surface area contributed by atoms with Crippen LogP contribution in [0.25, 0.3) is 0 Å². The predicted molar refractivity (Wildman–Crippen MR) is 87.6 cm³/mol. The molecule has 1 saturated carbocycles. The second-order valence-corrected chi connectivity index (χ2v) is 6.17. The van der Waals surface area contributed by atoms with Crippen molar-refractivity contribution in [3.8, 4) is 0 Å². The standard InChI is InChI=1S/C18H28N2O/c1-14(15-8-4-3-5-9-15)20-18(21)17-11-7-6-10-16(17)12-13-19-2/h6-7,10-11,14-15,19H,3-5,8-9,12-13H2,1-2H3,(H,20,21)/t14-/m0/s1. The van der Waals surface area contributed by atoms with Gasteiger partial charge in [0, 0.05) is 11.6 Å². The minimum atomic E-state index is 0.0831. The lowest BCUT2D eigenvalue weighted by molar-refractivity contribution is 0.0918. The average Bonchev–Trinajstić information content (AvgIpc) is 2.54. The van der Waals surface area contributed by atoms with E-state index in [0.29, 0.717) is 5.92 Å². The quantitative estimate of drug-likeness (QED) is 0.844. The van der Waals surface area contributed by atoms with Gasteiger partial charge in [0.1, 0.15) is 0 Å². The Kier molecular flexibility index (Phi) is 6.24. The van der Waals surface area contributed by atoms with E-state index in [-0.39, 0.29) is 11.9 Å². The Hall–Kier alpha value is -1.35. The summed E-state index contributed by atoms with van der Waals surface area (Å²) in [6, 6.07) is 8.22. The fourth-order valence-corrected chi connectivity index (χ4v) is 3.26. The number of hydrogen-bond acceptors (Lipinski definition) is 2. The first-order chi connectivity index (χ1) is 10.2. The minimum Gasteiger partial charge on any atom is -0.349 e. The van der Waals surface area contributed by atoms with Crippen molar-refractivity contribution >= 4 is 5.91 Å². The highest BCUT2D eigenvalue weighted by Crippen LogP contribution is 2.26. The molecule has 1 aliphatic carbocycles. The molecule has 3 nitrogen and oxygen atoms in total. The molecule has 1 aromatic carbocycles. The number of amides is 1. The third-order valence-corrected chi connectivity index (χ3v) is 4.62. The van der Waals surface area contributed by atoms with Crippen molar-refractivity contribution in [1.82, 2.24) is 10.6 Å². The van der Waals surface area contributed by atoms with Crippen LogP contribution in [0.5, 0.6) is 0 Å². The Morgan fingerprint density at radius 2 is 1.95 bits per heavy atom. The molecule has 1 atom stereocenters. The van der Waals surface area contributed by atoms with Crippen molar-refractivity contribution in [2.75, 3.05) is 13.6 Å². The van der Waals surface area contributed by atoms with Gasteiger partial charge >= 0.3 is 0 Å². The summed E-state index contributed by atoms with van der Waals surface area (Å²) in [5, 5.41) is 6.37. The largest absolute Gasteiger partial charge is 0.349 e. The molecule has 0 saturated heterocycles. The first kappa shape index (κ1) is 16.0. The molecule has 21 heavy (non-hydrogen) atoms. The zero-order valence-electron chi connectivity index (χ0n) is 13.3. The van der Waals surface area contributed by atoms with E-state index in [9.17, 15) is 4.79 Å². The van der Waals surface area contributed by atoms with Gasteiger partial charge in [0.25, 0.3) is 5.91 Å². The maximum Gasteiger partial charge on any atom is 0.251 e. The monoisotopic (exact) mass is 288 g/mol. The molecule has 0 aromatic heterocycles. The molecule has 3 heteroatoms. The number of nitrogens with one attached hydrogen (secondary N) is 2. The fourth-order valence-electron chi connectivity index (χ4n) is 3.26. The molecule has 0 heterocycles. The van der Waals surface area contributed by atoms with Gasteiger partial charge in [-0.2, -0.15) is 0 Å². The zero-order valence-corrected chi connectivity index (χ0v) is 13.3. The Labute approximate surface area is 128 Å². The van der Waals surface area contributed by atoms with Crippen LogP contribution in [0.2, 0.25) is 0 Å². The molecule has 0 bridgehead atoms. The van der Waals surface area contributed by atoms with Crippen LogP contribution in [0.4, 0.5) is 0 Å². The second-order valence-electron chi connectivity index (χ2n) is 6.17. The summed E-state index contributed by atoms with van der Waals surface area (Å²) in [4.78, 5) is 12.6. The van der Waals surface area contributed by atoms with Crippen molar-refractivity contribution < 1.29 is 4.79 Å². The smallest absolute Gasteiger partial charge is 0.251 e. The highest BCUT2D eigenvalue weighted by molar-refractivity contribution is 5.95. The number of carbonyl (C=O) groups is 1. The van der Waals surface area contributed by atoms with E-state index >= 15 is 0 Å². The topological polar surface area (TPSA) is 41.1 Å². The lowest BCUT2D eigenvalue weighted by Crippen LogP contribution is -2.39.